The van der Waals surface area contributed by atoms with Crippen LogP contribution in [0.15, 0.2) is 36.7 Å². The Morgan fingerprint density at radius 1 is 1.32 bits per heavy atom. The number of nitriles is 1. The SMILES string of the molecule is N#Cc1ccnc(NCc2ccccn2)c1[N+](=O)[O-]. The minimum absolute atomic E-state index is 0.0245. The third kappa shape index (κ3) is 2.81. The lowest BCUT2D eigenvalue weighted by Crippen LogP contribution is -2.06. The van der Waals surface area contributed by atoms with E-state index in [2.05, 4.69) is 15.3 Å². The van der Waals surface area contributed by atoms with Crippen LogP contribution in [0.4, 0.5) is 11.5 Å². The highest BCUT2D eigenvalue weighted by Crippen LogP contribution is 2.25. The molecule has 0 unspecified atom stereocenters. The normalized spacial score (nSPS) is 9.63. The Bertz CT molecular complexity index is 636. The van der Waals surface area contributed by atoms with E-state index >= 15 is 0 Å². The van der Waals surface area contributed by atoms with Gasteiger partial charge in [-0.1, -0.05) is 6.07 Å². The lowest BCUT2D eigenvalue weighted by Gasteiger charge is -2.06. The predicted molar refractivity (Wildman–Crippen MR) is 67.2 cm³/mol. The second kappa shape index (κ2) is 5.55. The Morgan fingerprint density at radius 2 is 2.16 bits per heavy atom. The van der Waals surface area contributed by atoms with Gasteiger partial charge in [0.1, 0.15) is 11.6 Å². The zero-order valence-electron chi connectivity index (χ0n) is 9.78. The van der Waals surface area contributed by atoms with Crippen LogP contribution in [0.25, 0.3) is 0 Å². The van der Waals surface area contributed by atoms with E-state index in [4.69, 9.17) is 5.26 Å². The summed E-state index contributed by atoms with van der Waals surface area (Å²) in [5, 5.41) is 22.6. The lowest BCUT2D eigenvalue weighted by atomic mass is 10.2. The predicted octanol–water partition coefficient (Wildman–Crippen LogP) is 1.87. The van der Waals surface area contributed by atoms with Gasteiger partial charge in [0.05, 0.1) is 17.2 Å². The van der Waals surface area contributed by atoms with Crippen molar-refractivity contribution in [2.45, 2.75) is 6.54 Å². The molecule has 0 aromatic carbocycles. The summed E-state index contributed by atoms with van der Waals surface area (Å²) in [4.78, 5) is 18.3. The molecule has 0 fully saturated rings. The number of hydrogen-bond donors (Lipinski definition) is 1. The van der Waals surface area contributed by atoms with E-state index in [9.17, 15) is 10.1 Å². The zero-order chi connectivity index (χ0) is 13.7. The third-order valence-electron chi connectivity index (χ3n) is 2.39. The average Bonchev–Trinajstić information content (AvgIpc) is 2.45. The molecule has 7 nitrogen and oxygen atoms in total. The minimum atomic E-state index is -0.619. The molecule has 94 valence electrons. The van der Waals surface area contributed by atoms with Crippen LogP contribution in [0.5, 0.6) is 0 Å². The molecule has 0 spiro atoms. The topological polar surface area (TPSA) is 105 Å². The van der Waals surface area contributed by atoms with Gasteiger partial charge >= 0.3 is 5.69 Å². The number of nitrogens with one attached hydrogen (secondary N) is 1. The average molecular weight is 255 g/mol. The summed E-state index contributed by atoms with van der Waals surface area (Å²) in [6.07, 6.45) is 2.98. The van der Waals surface area contributed by atoms with Gasteiger partial charge in [-0.3, -0.25) is 15.1 Å². The Kier molecular flexibility index (Phi) is 3.64. The molecule has 0 bridgehead atoms. The standard InChI is InChI=1S/C12H9N5O2/c13-7-9-4-6-15-12(11(9)17(18)19)16-8-10-3-1-2-5-14-10/h1-6H,8H2,(H,15,16). The van der Waals surface area contributed by atoms with Crippen LogP contribution in [0.2, 0.25) is 0 Å². The summed E-state index contributed by atoms with van der Waals surface area (Å²) in [7, 11) is 0. The first-order chi connectivity index (χ1) is 9.22. The van der Waals surface area contributed by atoms with E-state index in [0.29, 0.717) is 6.54 Å². The van der Waals surface area contributed by atoms with Crippen molar-refractivity contribution in [3.8, 4) is 6.07 Å². The van der Waals surface area contributed by atoms with Crippen molar-refractivity contribution in [2.75, 3.05) is 5.32 Å². The van der Waals surface area contributed by atoms with Crippen LogP contribution in [-0.4, -0.2) is 14.9 Å². The van der Waals surface area contributed by atoms with Crippen LogP contribution >= 0.6 is 0 Å². The smallest absolute Gasteiger partial charge is 0.328 e. The number of nitro groups is 1. The number of aromatic nitrogens is 2. The molecule has 7 heteroatoms. The van der Waals surface area contributed by atoms with Gasteiger partial charge in [0.25, 0.3) is 0 Å². The first kappa shape index (κ1) is 12.4. The van der Waals surface area contributed by atoms with Gasteiger partial charge in [-0.25, -0.2) is 4.98 Å². The van der Waals surface area contributed by atoms with Crippen molar-refractivity contribution in [3.05, 3.63) is 58.0 Å². The minimum Gasteiger partial charge on any atom is -0.359 e. The fourth-order valence-corrected chi connectivity index (χ4v) is 1.54. The molecule has 0 radical (unpaired) electrons. The van der Waals surface area contributed by atoms with Crippen LogP contribution in [-0.2, 0) is 6.54 Å². The highest BCUT2D eigenvalue weighted by Gasteiger charge is 2.20. The molecule has 2 aromatic heterocycles. The molecule has 0 aliphatic carbocycles. The van der Waals surface area contributed by atoms with Crippen LogP contribution in [0.3, 0.4) is 0 Å². The highest BCUT2D eigenvalue weighted by atomic mass is 16.6. The molecular formula is C12H9N5O2. The molecule has 0 saturated carbocycles. The molecular weight excluding hydrogens is 246 g/mol. The van der Waals surface area contributed by atoms with E-state index in [1.54, 1.807) is 24.4 Å². The van der Waals surface area contributed by atoms with E-state index in [0.717, 1.165) is 5.69 Å². The van der Waals surface area contributed by atoms with E-state index in [1.807, 2.05) is 6.07 Å². The first-order valence-corrected chi connectivity index (χ1v) is 5.39. The van der Waals surface area contributed by atoms with E-state index in [1.165, 1.54) is 12.3 Å². The van der Waals surface area contributed by atoms with Crippen molar-refractivity contribution in [3.63, 3.8) is 0 Å². The zero-order valence-corrected chi connectivity index (χ0v) is 9.78. The molecule has 0 aliphatic rings. The second-order valence-corrected chi connectivity index (χ2v) is 3.60. The second-order valence-electron chi connectivity index (χ2n) is 3.60. The Morgan fingerprint density at radius 3 is 2.79 bits per heavy atom. The molecule has 1 N–H and O–H groups in total. The summed E-state index contributed by atoms with van der Waals surface area (Å²) in [5.41, 5.74) is 0.380. The summed E-state index contributed by atoms with van der Waals surface area (Å²) in [6, 6.07) is 8.47. The summed E-state index contributed by atoms with van der Waals surface area (Å²) in [6.45, 7) is 0.295. The molecule has 0 saturated heterocycles. The van der Waals surface area contributed by atoms with Gasteiger partial charge in [0, 0.05) is 12.4 Å². The molecule has 2 rings (SSSR count). The van der Waals surface area contributed by atoms with Crippen LogP contribution in [0.1, 0.15) is 11.3 Å². The first-order valence-electron chi connectivity index (χ1n) is 5.39. The Labute approximate surface area is 108 Å². The van der Waals surface area contributed by atoms with Crippen molar-refractivity contribution in [1.29, 1.82) is 5.26 Å². The number of nitrogens with zero attached hydrogens (tertiary/aromatic N) is 4. The van der Waals surface area contributed by atoms with Gasteiger partial charge in [0.15, 0.2) is 0 Å². The van der Waals surface area contributed by atoms with Crippen molar-refractivity contribution >= 4 is 11.5 Å². The summed E-state index contributed by atoms with van der Waals surface area (Å²) >= 11 is 0. The fourth-order valence-electron chi connectivity index (χ4n) is 1.54. The summed E-state index contributed by atoms with van der Waals surface area (Å²) in [5.74, 6) is 0.0645. The molecule has 0 aliphatic heterocycles. The maximum atomic E-state index is 11.0. The molecule has 2 heterocycles. The molecule has 0 atom stereocenters. The van der Waals surface area contributed by atoms with Gasteiger partial charge in [0.2, 0.25) is 5.82 Å². The van der Waals surface area contributed by atoms with Gasteiger partial charge < -0.3 is 5.32 Å². The van der Waals surface area contributed by atoms with Crippen LogP contribution < -0.4 is 5.32 Å². The fraction of sp³-hybridized carbons (Fsp3) is 0.0833. The number of pyridine rings is 2. The van der Waals surface area contributed by atoms with Gasteiger partial charge in [-0.2, -0.15) is 5.26 Å². The Hall–Kier alpha value is -3.01. The monoisotopic (exact) mass is 255 g/mol. The number of hydrogen-bond acceptors (Lipinski definition) is 6. The summed E-state index contributed by atoms with van der Waals surface area (Å²) < 4.78 is 0. The molecule has 0 amide bonds. The largest absolute Gasteiger partial charge is 0.359 e. The van der Waals surface area contributed by atoms with Gasteiger partial charge in [-0.05, 0) is 18.2 Å². The van der Waals surface area contributed by atoms with Gasteiger partial charge in [-0.15, -0.1) is 0 Å². The van der Waals surface area contributed by atoms with E-state index in [-0.39, 0.29) is 17.1 Å². The number of anilines is 1. The van der Waals surface area contributed by atoms with E-state index < -0.39 is 4.92 Å². The van der Waals surface area contributed by atoms with Crippen LogP contribution in [0, 0.1) is 21.4 Å². The maximum Gasteiger partial charge on any atom is 0.328 e. The van der Waals surface area contributed by atoms with Crippen molar-refractivity contribution in [2.24, 2.45) is 0 Å². The highest BCUT2D eigenvalue weighted by molar-refractivity contribution is 5.64. The number of rotatable bonds is 4. The molecule has 2 aromatic rings. The molecule has 19 heavy (non-hydrogen) atoms. The lowest BCUT2D eigenvalue weighted by molar-refractivity contribution is -0.384. The van der Waals surface area contributed by atoms with Crippen molar-refractivity contribution in [1.82, 2.24) is 9.97 Å². The Balaban J connectivity index is 2.26. The third-order valence-corrected chi connectivity index (χ3v) is 2.39. The maximum absolute atomic E-state index is 11.0. The van der Waals surface area contributed by atoms with Crippen molar-refractivity contribution < 1.29 is 4.92 Å². The quantitative estimate of drug-likeness (QED) is 0.660.